The van der Waals surface area contributed by atoms with Crippen LogP contribution in [0.15, 0.2) is 5.03 Å². The first-order chi connectivity index (χ1) is 12.9. The fourth-order valence-corrected chi connectivity index (χ4v) is 5.47. The summed E-state index contributed by atoms with van der Waals surface area (Å²) >= 11 is 3.13. The number of thiophene rings is 1. The minimum Gasteiger partial charge on any atom is -0.466 e. The van der Waals surface area contributed by atoms with Gasteiger partial charge in [-0.1, -0.05) is 11.8 Å². The van der Waals surface area contributed by atoms with Crippen LogP contribution < -0.4 is 0 Å². The number of aryl methyl sites for hydroxylation is 3. The predicted molar refractivity (Wildman–Crippen MR) is 108 cm³/mol. The van der Waals surface area contributed by atoms with E-state index in [-0.39, 0.29) is 17.8 Å². The number of amides is 1. The Morgan fingerprint density at radius 2 is 2.07 bits per heavy atom. The van der Waals surface area contributed by atoms with Crippen LogP contribution in [0.3, 0.4) is 0 Å². The van der Waals surface area contributed by atoms with Gasteiger partial charge in [0.05, 0.1) is 18.3 Å². The number of esters is 1. The summed E-state index contributed by atoms with van der Waals surface area (Å²) in [6.45, 7) is 9.37. The Bertz CT molecular complexity index is 865. The SMILES string of the molecule is CCOC(=O)[C@H]1CCCN(C(=O)CSc2nc(C)nc3sc(C)c(C)c23)C1. The van der Waals surface area contributed by atoms with E-state index in [1.165, 1.54) is 22.2 Å². The molecule has 0 N–H and O–H groups in total. The number of hydrogen-bond donors (Lipinski definition) is 0. The lowest BCUT2D eigenvalue weighted by Gasteiger charge is -2.31. The minimum atomic E-state index is -0.206. The Morgan fingerprint density at radius 3 is 2.81 bits per heavy atom. The number of ether oxygens (including phenoxy) is 1. The van der Waals surface area contributed by atoms with Gasteiger partial charge in [0.2, 0.25) is 5.91 Å². The van der Waals surface area contributed by atoms with Crippen molar-refractivity contribution in [1.29, 1.82) is 0 Å². The average Bonchev–Trinajstić information content (AvgIpc) is 2.93. The second-order valence-electron chi connectivity index (χ2n) is 6.76. The van der Waals surface area contributed by atoms with Crippen molar-refractivity contribution in [1.82, 2.24) is 14.9 Å². The van der Waals surface area contributed by atoms with Crippen molar-refractivity contribution < 1.29 is 14.3 Å². The molecule has 1 fully saturated rings. The Kier molecular flexibility index (Phi) is 6.37. The molecule has 0 radical (unpaired) electrons. The molecule has 0 aliphatic carbocycles. The van der Waals surface area contributed by atoms with Crippen LogP contribution in [-0.4, -0.2) is 52.2 Å². The molecule has 3 rings (SSSR count). The van der Waals surface area contributed by atoms with Crippen LogP contribution in [0.5, 0.6) is 0 Å². The van der Waals surface area contributed by atoms with Gasteiger partial charge >= 0.3 is 5.97 Å². The Balaban J connectivity index is 1.69. The van der Waals surface area contributed by atoms with E-state index in [0.29, 0.717) is 25.4 Å². The molecular weight excluding hydrogens is 382 g/mol. The van der Waals surface area contributed by atoms with Crippen LogP contribution >= 0.6 is 23.1 Å². The molecule has 8 heteroatoms. The first-order valence-electron chi connectivity index (χ1n) is 9.22. The molecule has 2 aromatic heterocycles. The first-order valence-corrected chi connectivity index (χ1v) is 11.0. The van der Waals surface area contributed by atoms with Crippen molar-refractivity contribution in [3.8, 4) is 0 Å². The predicted octanol–water partition coefficient (Wildman–Crippen LogP) is 3.51. The van der Waals surface area contributed by atoms with Gasteiger partial charge in [0.15, 0.2) is 0 Å². The first kappa shape index (κ1) is 20.1. The molecule has 0 saturated carbocycles. The third-order valence-electron chi connectivity index (χ3n) is 4.83. The highest BCUT2D eigenvalue weighted by molar-refractivity contribution is 8.00. The number of aromatic nitrogens is 2. The molecule has 1 aliphatic heterocycles. The normalized spacial score (nSPS) is 17.3. The number of hydrogen-bond acceptors (Lipinski definition) is 7. The van der Waals surface area contributed by atoms with Crippen LogP contribution in [0.25, 0.3) is 10.2 Å². The van der Waals surface area contributed by atoms with Gasteiger partial charge in [-0.15, -0.1) is 11.3 Å². The van der Waals surface area contributed by atoms with Gasteiger partial charge in [0.1, 0.15) is 15.7 Å². The molecule has 2 aromatic rings. The monoisotopic (exact) mass is 407 g/mol. The summed E-state index contributed by atoms with van der Waals surface area (Å²) in [6.07, 6.45) is 1.62. The smallest absolute Gasteiger partial charge is 0.310 e. The minimum absolute atomic E-state index is 0.0445. The highest BCUT2D eigenvalue weighted by Crippen LogP contribution is 2.35. The summed E-state index contributed by atoms with van der Waals surface area (Å²) in [6, 6.07) is 0. The Labute approximate surface area is 167 Å². The van der Waals surface area contributed by atoms with Crippen LogP contribution in [0, 0.1) is 26.7 Å². The van der Waals surface area contributed by atoms with Crippen molar-refractivity contribution in [3.63, 3.8) is 0 Å². The van der Waals surface area contributed by atoms with E-state index in [1.807, 2.05) is 6.92 Å². The quantitative estimate of drug-likeness (QED) is 0.429. The van der Waals surface area contributed by atoms with Crippen LogP contribution in [0.2, 0.25) is 0 Å². The fraction of sp³-hybridized carbons (Fsp3) is 0.579. The molecule has 0 aromatic carbocycles. The van der Waals surface area contributed by atoms with Crippen molar-refractivity contribution in [2.24, 2.45) is 5.92 Å². The van der Waals surface area contributed by atoms with Crippen LogP contribution in [0.4, 0.5) is 0 Å². The molecule has 3 heterocycles. The van der Waals surface area contributed by atoms with E-state index in [4.69, 9.17) is 4.74 Å². The van der Waals surface area contributed by atoms with Crippen LogP contribution in [-0.2, 0) is 14.3 Å². The molecule has 1 amide bonds. The van der Waals surface area contributed by atoms with Crippen LogP contribution in [0.1, 0.15) is 36.0 Å². The zero-order valence-electron chi connectivity index (χ0n) is 16.2. The molecule has 6 nitrogen and oxygen atoms in total. The summed E-state index contributed by atoms with van der Waals surface area (Å²) in [5, 5.41) is 1.93. The zero-order valence-corrected chi connectivity index (χ0v) is 17.8. The van der Waals surface area contributed by atoms with Gasteiger partial charge < -0.3 is 9.64 Å². The van der Waals surface area contributed by atoms with Gasteiger partial charge in [-0.2, -0.15) is 0 Å². The van der Waals surface area contributed by atoms with E-state index in [1.54, 1.807) is 23.2 Å². The molecule has 1 saturated heterocycles. The highest BCUT2D eigenvalue weighted by Gasteiger charge is 2.29. The number of carbonyl (C=O) groups excluding carboxylic acids is 2. The lowest BCUT2D eigenvalue weighted by Crippen LogP contribution is -2.43. The van der Waals surface area contributed by atoms with E-state index in [9.17, 15) is 9.59 Å². The number of piperidine rings is 1. The second kappa shape index (κ2) is 8.56. The van der Waals surface area contributed by atoms with Crippen molar-refractivity contribution in [3.05, 3.63) is 16.3 Å². The number of fused-ring (bicyclic) bond motifs is 1. The number of thioether (sulfide) groups is 1. The van der Waals surface area contributed by atoms with Crippen molar-refractivity contribution in [2.45, 2.75) is 45.6 Å². The molecule has 0 bridgehead atoms. The lowest BCUT2D eigenvalue weighted by atomic mass is 9.98. The summed E-state index contributed by atoms with van der Waals surface area (Å²) in [4.78, 5) is 37.8. The molecule has 1 aliphatic rings. The number of carbonyl (C=O) groups is 2. The molecular formula is C19H25N3O3S2. The summed E-state index contributed by atoms with van der Waals surface area (Å²) in [5.41, 5.74) is 1.19. The van der Waals surface area contributed by atoms with Gasteiger partial charge in [-0.05, 0) is 46.1 Å². The molecule has 146 valence electrons. The molecule has 27 heavy (non-hydrogen) atoms. The number of rotatable bonds is 5. The largest absolute Gasteiger partial charge is 0.466 e. The van der Waals surface area contributed by atoms with E-state index in [2.05, 4.69) is 23.8 Å². The lowest BCUT2D eigenvalue weighted by molar-refractivity contribution is -0.151. The molecule has 1 atom stereocenters. The third kappa shape index (κ3) is 4.43. The standard InChI is InChI=1S/C19H25N3O3S2/c1-5-25-19(24)14-7-6-8-22(9-14)15(23)10-26-17-16-11(2)12(3)27-18(16)21-13(4)20-17/h14H,5-10H2,1-4H3/t14-/m0/s1. The topological polar surface area (TPSA) is 72.4 Å². The fourth-order valence-electron chi connectivity index (χ4n) is 3.30. The molecule has 0 unspecified atom stereocenters. The molecule has 0 spiro atoms. The van der Waals surface area contributed by atoms with Crippen molar-refractivity contribution >= 4 is 45.2 Å². The van der Waals surface area contributed by atoms with Crippen molar-refractivity contribution in [2.75, 3.05) is 25.4 Å². The summed E-state index contributed by atoms with van der Waals surface area (Å²) in [5.74, 6) is 0.680. The average molecular weight is 408 g/mol. The van der Waals surface area contributed by atoms with E-state index < -0.39 is 0 Å². The van der Waals surface area contributed by atoms with Gasteiger partial charge in [-0.25, -0.2) is 9.97 Å². The second-order valence-corrected chi connectivity index (χ2v) is 8.93. The van der Waals surface area contributed by atoms with Gasteiger partial charge in [-0.3, -0.25) is 9.59 Å². The summed E-state index contributed by atoms with van der Waals surface area (Å²) < 4.78 is 5.12. The van der Waals surface area contributed by atoms with E-state index >= 15 is 0 Å². The number of nitrogens with zero attached hydrogens (tertiary/aromatic N) is 3. The highest BCUT2D eigenvalue weighted by atomic mass is 32.2. The van der Waals surface area contributed by atoms with Gasteiger partial charge in [0.25, 0.3) is 0 Å². The maximum Gasteiger partial charge on any atom is 0.310 e. The summed E-state index contributed by atoms with van der Waals surface area (Å²) in [7, 11) is 0. The van der Waals surface area contributed by atoms with E-state index in [0.717, 1.165) is 33.9 Å². The Hall–Kier alpha value is -1.67. The Morgan fingerprint density at radius 1 is 1.30 bits per heavy atom. The maximum atomic E-state index is 12.7. The zero-order chi connectivity index (χ0) is 19.6. The maximum absolute atomic E-state index is 12.7. The third-order valence-corrected chi connectivity index (χ3v) is 6.89. The number of likely N-dealkylation sites (tertiary alicyclic amines) is 1. The van der Waals surface area contributed by atoms with Gasteiger partial charge in [0, 0.05) is 23.4 Å².